The van der Waals surface area contributed by atoms with Gasteiger partial charge in [-0.2, -0.15) is 11.3 Å². The van der Waals surface area contributed by atoms with Gasteiger partial charge in [-0.3, -0.25) is 0 Å². The molecule has 1 aromatic carbocycles. The van der Waals surface area contributed by atoms with Gasteiger partial charge in [-0.1, -0.05) is 38.1 Å². The van der Waals surface area contributed by atoms with Crippen LogP contribution in [0.15, 0.2) is 41.1 Å². The second-order valence-corrected chi connectivity index (χ2v) is 6.72. The monoisotopic (exact) mass is 303 g/mol. The standard InChI is InChI=1S/C18H25NOS/c1-14(2)11-15-3-5-17(6-4-15)18(20)12-19-9-7-16-8-10-21-13-16/h3-6,8,10,13-14,18-20H,7,9,11-12H2,1-2H3. The summed E-state index contributed by atoms with van der Waals surface area (Å²) in [6.45, 7) is 5.95. The lowest BCUT2D eigenvalue weighted by molar-refractivity contribution is 0.175. The summed E-state index contributed by atoms with van der Waals surface area (Å²) in [6.07, 6.45) is 1.68. The highest BCUT2D eigenvalue weighted by atomic mass is 32.1. The number of rotatable bonds is 8. The molecule has 0 saturated heterocycles. The molecule has 0 aliphatic carbocycles. The molecule has 2 nitrogen and oxygen atoms in total. The Kier molecular flexibility index (Phi) is 6.43. The number of aliphatic hydroxyl groups is 1. The van der Waals surface area contributed by atoms with Crippen LogP contribution in [-0.2, 0) is 12.8 Å². The van der Waals surface area contributed by atoms with E-state index in [1.165, 1.54) is 11.1 Å². The first-order valence-corrected chi connectivity index (χ1v) is 8.58. The average molecular weight is 303 g/mol. The molecule has 1 heterocycles. The van der Waals surface area contributed by atoms with Crippen LogP contribution in [0.5, 0.6) is 0 Å². The quantitative estimate of drug-likeness (QED) is 0.727. The van der Waals surface area contributed by atoms with Crippen molar-refractivity contribution in [2.24, 2.45) is 5.92 Å². The first kappa shape index (κ1) is 16.2. The highest BCUT2D eigenvalue weighted by molar-refractivity contribution is 7.07. The highest BCUT2D eigenvalue weighted by Gasteiger charge is 2.07. The van der Waals surface area contributed by atoms with Crippen molar-refractivity contribution >= 4 is 11.3 Å². The molecule has 2 rings (SSSR count). The van der Waals surface area contributed by atoms with Gasteiger partial charge in [0.2, 0.25) is 0 Å². The number of hydrogen-bond acceptors (Lipinski definition) is 3. The summed E-state index contributed by atoms with van der Waals surface area (Å²) in [5.74, 6) is 0.666. The number of thiophene rings is 1. The van der Waals surface area contributed by atoms with Gasteiger partial charge < -0.3 is 10.4 Å². The van der Waals surface area contributed by atoms with Crippen molar-refractivity contribution in [2.75, 3.05) is 13.1 Å². The van der Waals surface area contributed by atoms with Gasteiger partial charge >= 0.3 is 0 Å². The number of aliphatic hydroxyl groups excluding tert-OH is 1. The third kappa shape index (κ3) is 5.62. The van der Waals surface area contributed by atoms with Gasteiger partial charge in [0.15, 0.2) is 0 Å². The summed E-state index contributed by atoms with van der Waals surface area (Å²) in [7, 11) is 0. The SMILES string of the molecule is CC(C)Cc1ccc(C(O)CNCCc2ccsc2)cc1. The predicted octanol–water partition coefficient (Wildman–Crippen LogP) is 3.81. The Bertz CT molecular complexity index is 505. The van der Waals surface area contributed by atoms with Crippen LogP contribution in [-0.4, -0.2) is 18.2 Å². The van der Waals surface area contributed by atoms with Crippen molar-refractivity contribution in [1.29, 1.82) is 0 Å². The first-order valence-electron chi connectivity index (χ1n) is 7.64. The molecule has 0 bridgehead atoms. The van der Waals surface area contributed by atoms with E-state index in [1.54, 1.807) is 11.3 Å². The Morgan fingerprint density at radius 2 is 1.86 bits per heavy atom. The molecule has 2 aromatic rings. The van der Waals surface area contributed by atoms with Crippen molar-refractivity contribution in [3.63, 3.8) is 0 Å². The molecule has 0 aliphatic rings. The van der Waals surface area contributed by atoms with Crippen LogP contribution in [0.25, 0.3) is 0 Å². The van der Waals surface area contributed by atoms with E-state index < -0.39 is 6.10 Å². The third-order valence-electron chi connectivity index (χ3n) is 3.52. The van der Waals surface area contributed by atoms with Gasteiger partial charge in [-0.05, 0) is 58.8 Å². The summed E-state index contributed by atoms with van der Waals surface area (Å²) in [6, 6.07) is 10.5. The summed E-state index contributed by atoms with van der Waals surface area (Å²) < 4.78 is 0. The Morgan fingerprint density at radius 3 is 2.48 bits per heavy atom. The summed E-state index contributed by atoms with van der Waals surface area (Å²) in [4.78, 5) is 0. The molecule has 1 aromatic heterocycles. The normalized spacial score (nSPS) is 12.8. The summed E-state index contributed by atoms with van der Waals surface area (Å²) in [5.41, 5.74) is 3.69. The fourth-order valence-corrected chi connectivity index (χ4v) is 3.07. The third-order valence-corrected chi connectivity index (χ3v) is 4.25. The zero-order valence-corrected chi connectivity index (χ0v) is 13.7. The Balaban J connectivity index is 1.73. The van der Waals surface area contributed by atoms with Crippen LogP contribution in [0.2, 0.25) is 0 Å². The van der Waals surface area contributed by atoms with Crippen molar-refractivity contribution in [3.8, 4) is 0 Å². The lowest BCUT2D eigenvalue weighted by Crippen LogP contribution is -2.23. The summed E-state index contributed by atoms with van der Waals surface area (Å²) >= 11 is 1.73. The number of hydrogen-bond donors (Lipinski definition) is 2. The Hall–Kier alpha value is -1.16. The molecule has 0 saturated carbocycles. The fraction of sp³-hybridized carbons (Fsp3) is 0.444. The van der Waals surface area contributed by atoms with Crippen LogP contribution in [0, 0.1) is 5.92 Å². The van der Waals surface area contributed by atoms with Crippen LogP contribution in [0.3, 0.4) is 0 Å². The maximum atomic E-state index is 10.2. The van der Waals surface area contributed by atoms with Crippen LogP contribution < -0.4 is 5.32 Å². The van der Waals surface area contributed by atoms with Crippen molar-refractivity contribution in [1.82, 2.24) is 5.32 Å². The zero-order chi connectivity index (χ0) is 15.1. The minimum absolute atomic E-state index is 0.430. The largest absolute Gasteiger partial charge is 0.387 e. The molecule has 1 unspecified atom stereocenters. The van der Waals surface area contributed by atoms with Gasteiger partial charge in [0, 0.05) is 6.54 Å². The molecule has 21 heavy (non-hydrogen) atoms. The number of benzene rings is 1. The minimum Gasteiger partial charge on any atom is -0.387 e. The van der Waals surface area contributed by atoms with Crippen molar-refractivity contribution in [3.05, 3.63) is 57.8 Å². The molecule has 0 spiro atoms. The van der Waals surface area contributed by atoms with E-state index in [4.69, 9.17) is 0 Å². The summed E-state index contributed by atoms with van der Waals surface area (Å²) in [5, 5.41) is 17.8. The highest BCUT2D eigenvalue weighted by Crippen LogP contribution is 2.15. The van der Waals surface area contributed by atoms with E-state index in [-0.39, 0.29) is 0 Å². The van der Waals surface area contributed by atoms with E-state index in [2.05, 4.69) is 48.1 Å². The van der Waals surface area contributed by atoms with E-state index in [0.717, 1.165) is 24.9 Å². The first-order chi connectivity index (χ1) is 10.1. The number of nitrogens with one attached hydrogen (secondary N) is 1. The van der Waals surface area contributed by atoms with Crippen LogP contribution >= 0.6 is 11.3 Å². The molecule has 1 atom stereocenters. The van der Waals surface area contributed by atoms with Crippen molar-refractivity contribution in [2.45, 2.75) is 32.8 Å². The fourth-order valence-electron chi connectivity index (χ4n) is 2.37. The second kappa shape index (κ2) is 8.32. The lowest BCUT2D eigenvalue weighted by atomic mass is 10.0. The lowest BCUT2D eigenvalue weighted by Gasteiger charge is -2.13. The van der Waals surface area contributed by atoms with Crippen LogP contribution in [0.1, 0.15) is 36.6 Å². The predicted molar refractivity (Wildman–Crippen MR) is 90.8 cm³/mol. The van der Waals surface area contributed by atoms with Gasteiger partial charge in [-0.15, -0.1) is 0 Å². The molecule has 114 valence electrons. The molecule has 0 aliphatic heterocycles. The molecule has 2 N–H and O–H groups in total. The molecule has 0 radical (unpaired) electrons. The van der Waals surface area contributed by atoms with Gasteiger partial charge in [-0.25, -0.2) is 0 Å². The van der Waals surface area contributed by atoms with E-state index >= 15 is 0 Å². The topological polar surface area (TPSA) is 32.3 Å². The van der Waals surface area contributed by atoms with Crippen LogP contribution in [0.4, 0.5) is 0 Å². The van der Waals surface area contributed by atoms with E-state index in [9.17, 15) is 5.11 Å². The molecule has 3 heteroatoms. The van der Waals surface area contributed by atoms with Gasteiger partial charge in [0.25, 0.3) is 0 Å². The minimum atomic E-state index is -0.430. The second-order valence-electron chi connectivity index (χ2n) is 5.94. The molecular weight excluding hydrogens is 278 g/mol. The molecular formula is C18H25NOS. The maximum Gasteiger partial charge on any atom is 0.0914 e. The molecule has 0 amide bonds. The van der Waals surface area contributed by atoms with Crippen molar-refractivity contribution < 1.29 is 5.11 Å². The molecule has 0 fully saturated rings. The van der Waals surface area contributed by atoms with Gasteiger partial charge in [0.05, 0.1) is 6.10 Å². The van der Waals surface area contributed by atoms with E-state index in [0.29, 0.717) is 12.5 Å². The van der Waals surface area contributed by atoms with Gasteiger partial charge in [0.1, 0.15) is 0 Å². The average Bonchev–Trinajstić information content (AvgIpc) is 2.97. The smallest absolute Gasteiger partial charge is 0.0914 e. The Labute approximate surface area is 131 Å². The zero-order valence-electron chi connectivity index (χ0n) is 12.9. The van der Waals surface area contributed by atoms with E-state index in [1.807, 2.05) is 12.1 Å². The maximum absolute atomic E-state index is 10.2. The Morgan fingerprint density at radius 1 is 1.10 bits per heavy atom.